The lowest BCUT2D eigenvalue weighted by Gasteiger charge is -2.08. The minimum atomic E-state index is 0.917. The van der Waals surface area contributed by atoms with Gasteiger partial charge in [-0.05, 0) is 56.9 Å². The Balaban J connectivity index is 2.00. The van der Waals surface area contributed by atoms with Gasteiger partial charge in [-0.3, -0.25) is 0 Å². The van der Waals surface area contributed by atoms with Gasteiger partial charge < -0.3 is 4.42 Å². The van der Waals surface area contributed by atoms with Crippen LogP contribution < -0.4 is 0 Å². The third-order valence-corrected chi connectivity index (χ3v) is 5.78. The Morgan fingerprint density at radius 3 is 1.69 bits per heavy atom. The number of hydrogen-bond acceptors (Lipinski definition) is 1. The van der Waals surface area contributed by atoms with Crippen LogP contribution in [-0.4, -0.2) is 0 Å². The molecule has 4 rings (SSSR count). The average molecular weight is 381 g/mol. The Morgan fingerprint density at radius 2 is 1.14 bits per heavy atom. The van der Waals surface area contributed by atoms with Crippen LogP contribution in [0, 0.1) is 27.7 Å². The summed E-state index contributed by atoms with van der Waals surface area (Å²) >= 11 is 0. The molecule has 0 N–H and O–H groups in total. The molecule has 0 radical (unpaired) electrons. The minimum Gasteiger partial charge on any atom is -0.455 e. The van der Waals surface area contributed by atoms with Crippen molar-refractivity contribution in [3.63, 3.8) is 0 Å². The molecule has 1 nitrogen and oxygen atoms in total. The zero-order valence-electron chi connectivity index (χ0n) is 18.0. The van der Waals surface area contributed by atoms with Gasteiger partial charge in [0.05, 0.1) is 0 Å². The molecule has 0 amide bonds. The van der Waals surface area contributed by atoms with Crippen LogP contribution >= 0.6 is 0 Å². The second-order valence-electron chi connectivity index (χ2n) is 8.00. The van der Waals surface area contributed by atoms with Gasteiger partial charge in [-0.15, -0.1) is 0 Å². The average Bonchev–Trinajstić information content (AvgIpc) is 3.11. The van der Waals surface area contributed by atoms with Crippen molar-refractivity contribution in [2.45, 2.75) is 41.0 Å². The van der Waals surface area contributed by atoms with E-state index in [2.05, 4.69) is 101 Å². The monoisotopic (exact) mass is 380 g/mol. The normalized spacial score (nSPS) is 11.1. The first-order chi connectivity index (χ1) is 14.0. The van der Waals surface area contributed by atoms with Crippen LogP contribution in [0.25, 0.3) is 33.8 Å². The topological polar surface area (TPSA) is 13.1 Å². The highest BCUT2D eigenvalue weighted by molar-refractivity contribution is 5.88. The van der Waals surface area contributed by atoms with Crippen LogP contribution in [-0.2, 0) is 6.42 Å². The first-order valence-corrected chi connectivity index (χ1v) is 10.3. The molecule has 1 heteroatoms. The summed E-state index contributed by atoms with van der Waals surface area (Å²) in [5.74, 6) is 1.95. The molecule has 1 heterocycles. The number of benzene rings is 3. The van der Waals surface area contributed by atoms with Crippen LogP contribution in [0.1, 0.15) is 34.7 Å². The van der Waals surface area contributed by atoms with E-state index >= 15 is 0 Å². The van der Waals surface area contributed by atoms with Crippen molar-refractivity contribution in [3.8, 4) is 33.8 Å². The molecule has 0 atom stereocenters. The lowest BCUT2D eigenvalue weighted by atomic mass is 9.93. The van der Waals surface area contributed by atoms with E-state index in [0.717, 1.165) is 29.1 Å². The Hall–Kier alpha value is -3.06. The number of hydrogen-bond donors (Lipinski definition) is 0. The van der Waals surface area contributed by atoms with Crippen molar-refractivity contribution < 1.29 is 4.42 Å². The lowest BCUT2D eigenvalue weighted by molar-refractivity contribution is 0.595. The molecular formula is C28H28O. The van der Waals surface area contributed by atoms with Crippen molar-refractivity contribution in [2.24, 2.45) is 0 Å². The van der Waals surface area contributed by atoms with Crippen molar-refractivity contribution in [2.75, 3.05) is 0 Å². The number of rotatable bonds is 4. The van der Waals surface area contributed by atoms with E-state index in [-0.39, 0.29) is 0 Å². The van der Waals surface area contributed by atoms with Gasteiger partial charge in [0, 0.05) is 22.3 Å². The second-order valence-corrected chi connectivity index (χ2v) is 8.00. The molecule has 0 saturated carbocycles. The number of aryl methyl sites for hydroxylation is 4. The fourth-order valence-corrected chi connectivity index (χ4v) is 3.85. The molecule has 0 aliphatic heterocycles. The van der Waals surface area contributed by atoms with E-state index in [1.165, 1.54) is 38.9 Å². The molecule has 1 aromatic heterocycles. The molecule has 0 saturated heterocycles. The third-order valence-electron chi connectivity index (χ3n) is 5.78. The maximum Gasteiger partial charge on any atom is 0.142 e. The van der Waals surface area contributed by atoms with Crippen LogP contribution in [0.5, 0.6) is 0 Å². The first-order valence-electron chi connectivity index (χ1n) is 10.3. The van der Waals surface area contributed by atoms with Gasteiger partial charge >= 0.3 is 0 Å². The van der Waals surface area contributed by atoms with Gasteiger partial charge in [-0.2, -0.15) is 0 Å². The summed E-state index contributed by atoms with van der Waals surface area (Å²) in [6, 6.07) is 24.0. The summed E-state index contributed by atoms with van der Waals surface area (Å²) in [5.41, 5.74) is 11.1. The summed E-state index contributed by atoms with van der Waals surface area (Å²) in [5, 5.41) is 0. The van der Waals surface area contributed by atoms with E-state index < -0.39 is 0 Å². The minimum absolute atomic E-state index is 0.917. The summed E-state index contributed by atoms with van der Waals surface area (Å²) in [4.78, 5) is 0. The van der Waals surface area contributed by atoms with Gasteiger partial charge in [0.2, 0.25) is 0 Å². The molecule has 0 unspecified atom stereocenters. The smallest absolute Gasteiger partial charge is 0.142 e. The van der Waals surface area contributed by atoms with Gasteiger partial charge in [0.15, 0.2) is 0 Å². The number of furan rings is 1. The van der Waals surface area contributed by atoms with Crippen molar-refractivity contribution >= 4 is 0 Å². The summed E-state index contributed by atoms with van der Waals surface area (Å²) in [6.45, 7) is 10.8. The molecular weight excluding hydrogens is 352 g/mol. The Labute approximate surface area is 174 Å². The van der Waals surface area contributed by atoms with Gasteiger partial charge in [0.25, 0.3) is 0 Å². The highest BCUT2D eigenvalue weighted by Crippen LogP contribution is 2.43. The van der Waals surface area contributed by atoms with Crippen molar-refractivity contribution in [1.29, 1.82) is 0 Å². The van der Waals surface area contributed by atoms with E-state index in [0.29, 0.717) is 0 Å². The standard InChI is InChI=1S/C28H28O/c1-6-25-26(22-12-7-18(2)8-13-22)28(24-16-11-20(4)21(5)17-24)29-27(25)23-14-9-19(3)10-15-23/h7-17H,6H2,1-5H3. The molecule has 0 spiro atoms. The Morgan fingerprint density at radius 1 is 0.586 bits per heavy atom. The molecule has 146 valence electrons. The molecule has 3 aromatic carbocycles. The quantitative estimate of drug-likeness (QED) is 0.349. The molecule has 29 heavy (non-hydrogen) atoms. The SMILES string of the molecule is CCc1c(-c2ccc(C)cc2)oc(-c2ccc(C)c(C)c2)c1-c1ccc(C)cc1. The maximum atomic E-state index is 6.63. The second kappa shape index (κ2) is 7.75. The van der Waals surface area contributed by atoms with E-state index in [4.69, 9.17) is 4.42 Å². The zero-order valence-corrected chi connectivity index (χ0v) is 18.0. The van der Waals surface area contributed by atoms with Crippen molar-refractivity contribution in [1.82, 2.24) is 0 Å². The highest BCUT2D eigenvalue weighted by atomic mass is 16.3. The zero-order chi connectivity index (χ0) is 20.5. The first kappa shape index (κ1) is 19.3. The largest absolute Gasteiger partial charge is 0.455 e. The van der Waals surface area contributed by atoms with Crippen LogP contribution in [0.15, 0.2) is 71.1 Å². The highest BCUT2D eigenvalue weighted by Gasteiger charge is 2.23. The lowest BCUT2D eigenvalue weighted by Crippen LogP contribution is -1.89. The van der Waals surface area contributed by atoms with Gasteiger partial charge in [-0.1, -0.05) is 78.7 Å². The molecule has 0 aliphatic carbocycles. The van der Waals surface area contributed by atoms with Crippen LogP contribution in [0.4, 0.5) is 0 Å². The maximum absolute atomic E-state index is 6.63. The predicted octanol–water partition coefficient (Wildman–Crippen LogP) is 8.08. The summed E-state index contributed by atoms with van der Waals surface area (Å²) in [6.07, 6.45) is 0.917. The van der Waals surface area contributed by atoms with E-state index in [1.807, 2.05) is 0 Å². The van der Waals surface area contributed by atoms with E-state index in [1.54, 1.807) is 0 Å². The van der Waals surface area contributed by atoms with E-state index in [9.17, 15) is 0 Å². The fraction of sp³-hybridized carbons (Fsp3) is 0.214. The van der Waals surface area contributed by atoms with Gasteiger partial charge in [0.1, 0.15) is 11.5 Å². The summed E-state index contributed by atoms with van der Waals surface area (Å²) < 4.78 is 6.63. The summed E-state index contributed by atoms with van der Waals surface area (Å²) in [7, 11) is 0. The third kappa shape index (κ3) is 3.65. The molecule has 0 fully saturated rings. The predicted molar refractivity (Wildman–Crippen MR) is 123 cm³/mol. The Kier molecular flexibility index (Phi) is 5.15. The van der Waals surface area contributed by atoms with Crippen molar-refractivity contribution in [3.05, 3.63) is 94.5 Å². The molecule has 0 aliphatic rings. The Bertz CT molecular complexity index is 1140. The van der Waals surface area contributed by atoms with Crippen LogP contribution in [0.2, 0.25) is 0 Å². The molecule has 0 bridgehead atoms. The fourth-order valence-electron chi connectivity index (χ4n) is 3.85. The van der Waals surface area contributed by atoms with Crippen LogP contribution in [0.3, 0.4) is 0 Å². The van der Waals surface area contributed by atoms with Gasteiger partial charge in [-0.25, -0.2) is 0 Å². The molecule has 4 aromatic rings.